The van der Waals surface area contributed by atoms with Crippen LogP contribution in [-0.2, 0) is 36.8 Å². The van der Waals surface area contributed by atoms with E-state index in [9.17, 15) is 14.4 Å². The van der Waals surface area contributed by atoms with Crippen LogP contribution >= 0.6 is 0 Å². The second-order valence-electron chi connectivity index (χ2n) is 2.79. The monoisotopic (exact) mass is 362 g/mol. The van der Waals surface area contributed by atoms with Crippen LogP contribution in [0.25, 0.3) is 0 Å². The zero-order valence-corrected chi connectivity index (χ0v) is 11.1. The number of hydrogen-bond donors (Lipinski definition) is 6. The molecule has 0 aliphatic carbocycles. The van der Waals surface area contributed by atoms with Gasteiger partial charge in [0.15, 0.2) is 5.60 Å². The van der Waals surface area contributed by atoms with E-state index in [0.717, 1.165) is 0 Å². The quantitative estimate of drug-likeness (QED) is 0.330. The van der Waals surface area contributed by atoms with Gasteiger partial charge in [0.1, 0.15) is 0 Å². The van der Waals surface area contributed by atoms with Gasteiger partial charge in [-0.25, -0.2) is 4.79 Å². The largest absolute Gasteiger partial charge is 0.481 e. The van der Waals surface area contributed by atoms with E-state index < -0.39 is 36.4 Å². The average Bonchev–Trinajstić information content (AvgIpc) is 2.01. The number of carboxylic acid groups (broad SMARTS) is 3. The van der Waals surface area contributed by atoms with E-state index in [1.807, 2.05) is 0 Å². The van der Waals surface area contributed by atoms with Gasteiger partial charge < -0.3 is 31.7 Å². The molecule has 0 aromatic carbocycles. The zero-order chi connectivity index (χ0) is 13.4. The molecule has 0 aromatic rings. The van der Waals surface area contributed by atoms with Crippen molar-refractivity contribution in [1.82, 2.24) is 6.15 Å². The summed E-state index contributed by atoms with van der Waals surface area (Å²) in [6.07, 6.45) is -2.29. The number of hydrogen-bond acceptors (Lipinski definition) is 6. The van der Waals surface area contributed by atoms with Gasteiger partial charge in [0.2, 0.25) is 0 Å². The predicted molar refractivity (Wildman–Crippen MR) is 54.9 cm³/mol. The summed E-state index contributed by atoms with van der Waals surface area (Å²) in [5.74, 6) is -5.02. The Morgan fingerprint density at radius 1 is 1.00 bits per heavy atom. The third-order valence-corrected chi connectivity index (χ3v) is 1.29. The van der Waals surface area contributed by atoms with E-state index in [-0.39, 0.29) is 35.1 Å². The number of rotatable bonds is 5. The van der Waals surface area contributed by atoms with E-state index in [2.05, 4.69) is 0 Å². The fourth-order valence-corrected chi connectivity index (χ4v) is 0.714. The molecule has 8 N–H and O–H groups in total. The maximum atomic E-state index is 10.3. The smallest absolute Gasteiger partial charge is 0.336 e. The molecule has 113 valence electrons. The summed E-state index contributed by atoms with van der Waals surface area (Å²) in [6, 6.07) is 0. The third-order valence-electron chi connectivity index (χ3n) is 1.29. The minimum atomic E-state index is -2.74. The summed E-state index contributed by atoms with van der Waals surface area (Å²) in [5.41, 5.74) is -2.74. The number of carbonyl (C=O) groups is 3. The standard InChI is InChI=1S/C6H8O7.C2H6O.Ag.H3N/c7-3(8)1-6(13,5(11)12)2-4(9)10;1-2-3;;/h13H,1-2H2,(H,7,8)(H,9,10)(H,11,12);3H,2H2,1H3;;1H3. The van der Waals surface area contributed by atoms with Gasteiger partial charge >= 0.3 is 17.9 Å². The Bertz CT molecular complexity index is 254. The predicted octanol–water partition coefficient (Wildman–Crippen LogP) is -1.09. The zero-order valence-electron chi connectivity index (χ0n) is 9.59. The molecule has 0 rings (SSSR count). The fourth-order valence-electron chi connectivity index (χ4n) is 0.714. The normalized spacial score (nSPS) is 8.83. The summed E-state index contributed by atoms with van der Waals surface area (Å²) < 4.78 is 0. The van der Waals surface area contributed by atoms with Crippen molar-refractivity contribution in [2.75, 3.05) is 6.61 Å². The van der Waals surface area contributed by atoms with Crippen molar-refractivity contribution >= 4 is 17.9 Å². The van der Waals surface area contributed by atoms with E-state index in [1.165, 1.54) is 0 Å². The second kappa shape index (κ2) is 12.5. The molecule has 0 amide bonds. The number of aliphatic hydroxyl groups is 2. The average molecular weight is 363 g/mol. The van der Waals surface area contributed by atoms with Gasteiger partial charge in [-0.05, 0) is 6.92 Å². The minimum Gasteiger partial charge on any atom is -0.481 e. The first-order valence-electron chi connectivity index (χ1n) is 4.19. The van der Waals surface area contributed by atoms with Gasteiger partial charge in [-0.3, -0.25) is 9.59 Å². The van der Waals surface area contributed by atoms with Crippen LogP contribution in [0.15, 0.2) is 0 Å². The van der Waals surface area contributed by atoms with Crippen molar-refractivity contribution in [3.05, 3.63) is 0 Å². The third kappa shape index (κ3) is 13.1. The first kappa shape index (κ1) is 25.8. The molecule has 18 heavy (non-hydrogen) atoms. The number of aliphatic hydroxyl groups excluding tert-OH is 1. The molecule has 9 nitrogen and oxygen atoms in total. The Morgan fingerprint density at radius 2 is 1.22 bits per heavy atom. The van der Waals surface area contributed by atoms with Crippen LogP contribution in [-0.4, -0.2) is 55.6 Å². The minimum absolute atomic E-state index is 0. The van der Waals surface area contributed by atoms with Gasteiger partial charge in [0.25, 0.3) is 0 Å². The molecule has 0 saturated carbocycles. The first-order valence-corrected chi connectivity index (χ1v) is 4.19. The van der Waals surface area contributed by atoms with E-state index in [1.54, 1.807) is 6.92 Å². The van der Waals surface area contributed by atoms with Gasteiger partial charge in [-0.15, -0.1) is 0 Å². The summed E-state index contributed by atoms with van der Waals surface area (Å²) in [4.78, 5) is 30.5. The van der Waals surface area contributed by atoms with Gasteiger partial charge in [0, 0.05) is 29.0 Å². The van der Waals surface area contributed by atoms with Crippen LogP contribution in [0, 0.1) is 0 Å². The van der Waals surface area contributed by atoms with Crippen molar-refractivity contribution in [3.8, 4) is 0 Å². The Kier molecular flexibility index (Phi) is 17.9. The van der Waals surface area contributed by atoms with Crippen LogP contribution in [0.3, 0.4) is 0 Å². The molecule has 0 bridgehead atoms. The van der Waals surface area contributed by atoms with E-state index >= 15 is 0 Å². The molecule has 0 spiro atoms. The molecule has 10 heteroatoms. The number of carboxylic acids is 3. The van der Waals surface area contributed by atoms with Crippen LogP contribution in [0.2, 0.25) is 0 Å². The topological polar surface area (TPSA) is 187 Å². The van der Waals surface area contributed by atoms with E-state index in [0.29, 0.717) is 0 Å². The summed E-state index contributed by atoms with van der Waals surface area (Å²) in [6.45, 7) is 1.93. The van der Waals surface area contributed by atoms with Crippen molar-refractivity contribution in [2.24, 2.45) is 0 Å². The molecule has 0 fully saturated rings. The summed E-state index contributed by atoms with van der Waals surface area (Å²) >= 11 is 0. The Balaban J connectivity index is -0.000000177. The van der Waals surface area contributed by atoms with Crippen molar-refractivity contribution in [2.45, 2.75) is 25.4 Å². The van der Waals surface area contributed by atoms with Crippen LogP contribution < -0.4 is 6.15 Å². The number of aliphatic carboxylic acids is 3. The molecule has 0 aliphatic heterocycles. The maximum absolute atomic E-state index is 10.3. The summed E-state index contributed by atoms with van der Waals surface area (Å²) in [5, 5.41) is 41.4. The fraction of sp³-hybridized carbons (Fsp3) is 0.625. The second-order valence-corrected chi connectivity index (χ2v) is 2.79. The van der Waals surface area contributed by atoms with Crippen LogP contribution in [0.5, 0.6) is 0 Å². The molecular formula is C8H17AgNO8. The van der Waals surface area contributed by atoms with Crippen molar-refractivity contribution in [1.29, 1.82) is 0 Å². The maximum Gasteiger partial charge on any atom is 0.336 e. The molecular weight excluding hydrogens is 346 g/mol. The Hall–Kier alpha value is -0.970. The van der Waals surface area contributed by atoms with Gasteiger partial charge in [0.05, 0.1) is 12.8 Å². The van der Waals surface area contributed by atoms with Gasteiger partial charge in [-0.2, -0.15) is 0 Å². The molecule has 0 saturated heterocycles. The Labute approximate surface area is 119 Å². The Morgan fingerprint density at radius 3 is 1.33 bits per heavy atom. The molecule has 1 radical (unpaired) electrons. The van der Waals surface area contributed by atoms with Crippen molar-refractivity contribution < 1.29 is 62.3 Å². The molecule has 0 aromatic heterocycles. The SMILES string of the molecule is CCO.N.O=C(O)CC(O)(CC(=O)O)C(=O)O.[Ag]. The van der Waals surface area contributed by atoms with Crippen LogP contribution in [0.4, 0.5) is 0 Å². The molecule has 0 aliphatic rings. The first-order chi connectivity index (χ1) is 7.19. The summed E-state index contributed by atoms with van der Waals surface area (Å²) in [7, 11) is 0. The van der Waals surface area contributed by atoms with Gasteiger partial charge in [-0.1, -0.05) is 0 Å². The van der Waals surface area contributed by atoms with Crippen LogP contribution in [0.1, 0.15) is 19.8 Å². The molecule has 0 atom stereocenters. The van der Waals surface area contributed by atoms with E-state index in [4.69, 9.17) is 25.5 Å². The molecule has 0 unspecified atom stereocenters. The van der Waals surface area contributed by atoms with Crippen molar-refractivity contribution in [3.63, 3.8) is 0 Å². The molecule has 0 heterocycles.